The highest BCUT2D eigenvalue weighted by Crippen LogP contribution is 2.28. The summed E-state index contributed by atoms with van der Waals surface area (Å²) in [6, 6.07) is 7.93. The first-order chi connectivity index (χ1) is 16.4. The first-order valence-corrected chi connectivity index (χ1v) is 12.6. The molecule has 0 saturated carbocycles. The fourth-order valence-corrected chi connectivity index (χ4v) is 4.31. The van der Waals surface area contributed by atoms with E-state index in [1.54, 1.807) is 17.0 Å². The van der Waals surface area contributed by atoms with Crippen LogP contribution < -0.4 is 9.64 Å². The number of piperazine rings is 1. The minimum absolute atomic E-state index is 0.0966. The van der Waals surface area contributed by atoms with Crippen molar-refractivity contribution >= 4 is 27.7 Å². The third-order valence-electron chi connectivity index (χ3n) is 5.49. The summed E-state index contributed by atoms with van der Waals surface area (Å²) in [5.41, 5.74) is 0.703. The SMILES string of the molecule is CS(=O)(=O)c1ccc(OCCC(F)(F)F)c(C(=O)N2CCN(c3ccc(CC=O)cc3F)CC2)c1. The lowest BCUT2D eigenvalue weighted by molar-refractivity contribution is -0.139. The van der Waals surface area contributed by atoms with Gasteiger partial charge in [0.2, 0.25) is 0 Å². The van der Waals surface area contributed by atoms with Gasteiger partial charge in [0.25, 0.3) is 5.91 Å². The Bertz CT molecular complexity index is 1190. The summed E-state index contributed by atoms with van der Waals surface area (Å²) in [7, 11) is -3.69. The van der Waals surface area contributed by atoms with Crippen LogP contribution in [0.2, 0.25) is 0 Å². The van der Waals surface area contributed by atoms with Crippen molar-refractivity contribution in [2.75, 3.05) is 43.9 Å². The standard InChI is InChI=1S/C23H24F4N2O5S/c1-35(32,33)17-3-5-21(34-13-7-23(25,26)27)18(15-17)22(31)29-10-8-28(9-11-29)20-4-2-16(6-12-30)14-19(20)24/h2-5,12,14-15H,6-11,13H2,1H3. The zero-order chi connectivity index (χ0) is 25.8. The molecule has 35 heavy (non-hydrogen) atoms. The molecule has 190 valence electrons. The molecule has 1 aliphatic rings. The summed E-state index contributed by atoms with van der Waals surface area (Å²) in [5.74, 6) is -1.24. The van der Waals surface area contributed by atoms with E-state index in [4.69, 9.17) is 4.74 Å². The van der Waals surface area contributed by atoms with Crippen molar-refractivity contribution in [2.24, 2.45) is 0 Å². The zero-order valence-electron chi connectivity index (χ0n) is 18.8. The predicted molar refractivity (Wildman–Crippen MR) is 120 cm³/mol. The lowest BCUT2D eigenvalue weighted by Gasteiger charge is -2.36. The molecule has 0 N–H and O–H groups in total. The Hall–Kier alpha value is -3.15. The number of benzene rings is 2. The third-order valence-corrected chi connectivity index (χ3v) is 6.60. The van der Waals surface area contributed by atoms with Crippen LogP contribution in [0.4, 0.5) is 23.2 Å². The van der Waals surface area contributed by atoms with Gasteiger partial charge >= 0.3 is 6.18 Å². The number of aldehydes is 1. The van der Waals surface area contributed by atoms with E-state index in [-0.39, 0.29) is 48.8 Å². The van der Waals surface area contributed by atoms with E-state index in [1.807, 2.05) is 0 Å². The number of rotatable bonds is 8. The van der Waals surface area contributed by atoms with E-state index in [0.717, 1.165) is 12.3 Å². The molecule has 1 amide bonds. The van der Waals surface area contributed by atoms with Gasteiger partial charge in [-0.05, 0) is 35.9 Å². The Morgan fingerprint density at radius 3 is 2.34 bits per heavy atom. The summed E-state index contributed by atoms with van der Waals surface area (Å²) < 4.78 is 81.1. The summed E-state index contributed by atoms with van der Waals surface area (Å²) >= 11 is 0. The first-order valence-electron chi connectivity index (χ1n) is 10.7. The van der Waals surface area contributed by atoms with Crippen molar-refractivity contribution in [3.05, 3.63) is 53.3 Å². The van der Waals surface area contributed by atoms with Crippen LogP contribution in [0.15, 0.2) is 41.3 Å². The molecule has 0 atom stereocenters. The van der Waals surface area contributed by atoms with Gasteiger partial charge in [0, 0.05) is 38.9 Å². The van der Waals surface area contributed by atoms with Crippen molar-refractivity contribution in [3.63, 3.8) is 0 Å². The van der Waals surface area contributed by atoms with Crippen LogP contribution in [0.5, 0.6) is 5.75 Å². The molecule has 0 bridgehead atoms. The minimum Gasteiger partial charge on any atom is -0.492 e. The topological polar surface area (TPSA) is 84.0 Å². The van der Waals surface area contributed by atoms with Crippen molar-refractivity contribution in [3.8, 4) is 5.75 Å². The Kier molecular flexibility index (Phi) is 8.04. The fraction of sp³-hybridized carbons (Fsp3) is 0.391. The maximum atomic E-state index is 14.5. The van der Waals surface area contributed by atoms with Gasteiger partial charge in [-0.3, -0.25) is 4.79 Å². The second-order valence-electron chi connectivity index (χ2n) is 8.08. The summed E-state index contributed by atoms with van der Waals surface area (Å²) in [6.07, 6.45) is -3.95. The lowest BCUT2D eigenvalue weighted by Crippen LogP contribution is -2.49. The lowest BCUT2D eigenvalue weighted by atomic mass is 10.1. The number of carbonyl (C=O) groups excluding carboxylic acids is 2. The highest BCUT2D eigenvalue weighted by atomic mass is 32.2. The molecule has 7 nitrogen and oxygen atoms in total. The summed E-state index contributed by atoms with van der Waals surface area (Å²) in [5, 5.41) is 0. The highest BCUT2D eigenvalue weighted by Gasteiger charge is 2.29. The molecule has 2 aromatic rings. The molecule has 0 spiro atoms. The van der Waals surface area contributed by atoms with E-state index < -0.39 is 40.8 Å². The molecule has 1 heterocycles. The Labute approximate surface area is 200 Å². The van der Waals surface area contributed by atoms with E-state index in [0.29, 0.717) is 17.5 Å². The fourth-order valence-electron chi connectivity index (χ4n) is 3.66. The van der Waals surface area contributed by atoms with Crippen molar-refractivity contribution in [1.29, 1.82) is 0 Å². The number of carbonyl (C=O) groups is 2. The molecule has 0 aromatic heterocycles. The molecular weight excluding hydrogens is 492 g/mol. The van der Waals surface area contributed by atoms with E-state index in [2.05, 4.69) is 0 Å². The van der Waals surface area contributed by atoms with E-state index >= 15 is 0 Å². The van der Waals surface area contributed by atoms with Crippen LogP contribution in [-0.4, -0.2) is 70.7 Å². The zero-order valence-corrected chi connectivity index (χ0v) is 19.7. The summed E-state index contributed by atoms with van der Waals surface area (Å²) in [6.45, 7) is 0.144. The molecule has 0 radical (unpaired) electrons. The average molecular weight is 517 g/mol. The molecule has 3 rings (SSSR count). The smallest absolute Gasteiger partial charge is 0.392 e. The van der Waals surface area contributed by atoms with Crippen LogP contribution in [0.25, 0.3) is 0 Å². The molecule has 0 aliphatic carbocycles. The molecule has 1 saturated heterocycles. The summed E-state index contributed by atoms with van der Waals surface area (Å²) in [4.78, 5) is 26.8. The number of ether oxygens (including phenoxy) is 1. The number of sulfone groups is 1. The average Bonchev–Trinajstić information content (AvgIpc) is 2.78. The number of alkyl halides is 3. The quantitative estimate of drug-likeness (QED) is 0.396. The second-order valence-corrected chi connectivity index (χ2v) is 10.1. The minimum atomic E-state index is -4.45. The van der Waals surface area contributed by atoms with Crippen LogP contribution in [0.3, 0.4) is 0 Å². The normalized spacial score (nSPS) is 14.7. The van der Waals surface area contributed by atoms with Crippen LogP contribution in [0, 0.1) is 5.82 Å². The second kappa shape index (κ2) is 10.6. The van der Waals surface area contributed by atoms with Crippen molar-refractivity contribution < 1.29 is 40.3 Å². The Balaban J connectivity index is 1.76. The molecule has 2 aromatic carbocycles. The maximum Gasteiger partial charge on any atom is 0.392 e. The van der Waals surface area contributed by atoms with Gasteiger partial charge in [-0.25, -0.2) is 12.8 Å². The van der Waals surface area contributed by atoms with Crippen LogP contribution >= 0.6 is 0 Å². The largest absolute Gasteiger partial charge is 0.492 e. The van der Waals surface area contributed by atoms with E-state index in [9.17, 15) is 35.6 Å². The van der Waals surface area contributed by atoms with E-state index in [1.165, 1.54) is 23.1 Å². The number of halogens is 4. The highest BCUT2D eigenvalue weighted by molar-refractivity contribution is 7.90. The van der Waals surface area contributed by atoms with Gasteiger partial charge in [-0.2, -0.15) is 13.2 Å². The maximum absolute atomic E-state index is 14.5. The molecular formula is C23H24F4N2O5S. The molecule has 0 unspecified atom stereocenters. The Morgan fingerprint density at radius 2 is 1.77 bits per heavy atom. The predicted octanol–water partition coefficient (Wildman–Crippen LogP) is 3.26. The molecule has 1 aliphatic heterocycles. The first kappa shape index (κ1) is 26.5. The molecule has 12 heteroatoms. The van der Waals surface area contributed by atoms with Gasteiger partial charge in [-0.15, -0.1) is 0 Å². The van der Waals surface area contributed by atoms with Gasteiger partial charge in [0.05, 0.1) is 29.2 Å². The van der Waals surface area contributed by atoms with Crippen molar-refractivity contribution in [2.45, 2.75) is 23.9 Å². The molecule has 1 fully saturated rings. The Morgan fingerprint density at radius 1 is 1.09 bits per heavy atom. The van der Waals surface area contributed by atoms with Crippen LogP contribution in [0.1, 0.15) is 22.3 Å². The van der Waals surface area contributed by atoms with Gasteiger partial charge in [0.15, 0.2) is 9.84 Å². The number of hydrogen-bond donors (Lipinski definition) is 0. The van der Waals surface area contributed by atoms with Crippen LogP contribution in [-0.2, 0) is 21.1 Å². The monoisotopic (exact) mass is 516 g/mol. The van der Waals surface area contributed by atoms with Gasteiger partial charge in [0.1, 0.15) is 17.9 Å². The number of anilines is 1. The number of nitrogens with zero attached hydrogens (tertiary/aromatic N) is 2. The van der Waals surface area contributed by atoms with Gasteiger partial charge in [-0.1, -0.05) is 6.07 Å². The number of amides is 1. The number of hydrogen-bond acceptors (Lipinski definition) is 6. The third kappa shape index (κ3) is 6.93. The van der Waals surface area contributed by atoms with Crippen molar-refractivity contribution in [1.82, 2.24) is 4.90 Å². The van der Waals surface area contributed by atoms with Gasteiger partial charge < -0.3 is 19.3 Å².